The fourth-order valence-electron chi connectivity index (χ4n) is 6.67. The van der Waals surface area contributed by atoms with Gasteiger partial charge in [0.1, 0.15) is 23.8 Å². The van der Waals surface area contributed by atoms with Crippen molar-refractivity contribution in [1.29, 1.82) is 0 Å². The number of H-pyrrole nitrogens is 1. The smallest absolute Gasteiger partial charge is 0.319 e. The molecule has 4 aromatic rings. The van der Waals surface area contributed by atoms with Gasteiger partial charge in [-0.2, -0.15) is 15.1 Å². The molecule has 1 aliphatic carbocycles. The average Bonchev–Trinajstić information content (AvgIpc) is 3.32. The number of anilines is 1. The summed E-state index contributed by atoms with van der Waals surface area (Å²) in [4.78, 5) is 12.6. The van der Waals surface area contributed by atoms with Crippen molar-refractivity contribution >= 4 is 39.2 Å². The molecule has 1 saturated carbocycles. The van der Waals surface area contributed by atoms with E-state index in [-0.39, 0.29) is 70.5 Å². The average molecular weight is 658 g/mol. The Morgan fingerprint density at radius 1 is 1.20 bits per heavy atom. The van der Waals surface area contributed by atoms with Gasteiger partial charge >= 0.3 is 6.01 Å². The molecule has 2 N–H and O–H groups in total. The molecular weight excluding hydrogens is 622 g/mol. The summed E-state index contributed by atoms with van der Waals surface area (Å²) in [6.07, 6.45) is 2.09. The Kier molecular flexibility index (Phi) is 8.29. The number of alkyl halides is 2. The summed E-state index contributed by atoms with van der Waals surface area (Å²) < 4.78 is 68.2. The van der Waals surface area contributed by atoms with Crippen LogP contribution in [0.4, 0.5) is 23.4 Å². The highest BCUT2D eigenvalue weighted by Crippen LogP contribution is 2.60. The summed E-state index contributed by atoms with van der Waals surface area (Å²) in [6, 6.07) is 2.68. The third-order valence-electron chi connectivity index (χ3n) is 8.85. The van der Waals surface area contributed by atoms with E-state index in [2.05, 4.69) is 37.8 Å². The molecule has 0 unspecified atom stereocenters. The predicted octanol–water partition coefficient (Wildman–Crippen LogP) is 6.59. The Hall–Kier alpha value is -3.70. The zero-order chi connectivity index (χ0) is 33.1. The first-order valence-electron chi connectivity index (χ1n) is 15.1. The molecule has 1 aliphatic heterocycles. The topological polar surface area (TPSA) is 82.2 Å². The fraction of sp³-hybridized carbons (Fsp3) is 0.455. The lowest BCUT2D eigenvalue weighted by Gasteiger charge is -2.38. The van der Waals surface area contributed by atoms with Crippen molar-refractivity contribution in [1.82, 2.24) is 30.4 Å². The Morgan fingerprint density at radius 2 is 1.93 bits per heavy atom. The Balaban J connectivity index is 1.53. The molecule has 2 aliphatic rings. The van der Waals surface area contributed by atoms with E-state index < -0.39 is 23.0 Å². The maximum absolute atomic E-state index is 16.9. The number of benzene rings is 2. The molecule has 6 rings (SSSR count). The van der Waals surface area contributed by atoms with Gasteiger partial charge in [-0.3, -0.25) is 5.10 Å². The number of aryl methyl sites for hydroxylation is 2. The van der Waals surface area contributed by atoms with E-state index in [1.54, 1.807) is 38.9 Å². The summed E-state index contributed by atoms with van der Waals surface area (Å²) >= 11 is 6.73. The molecule has 13 heteroatoms. The van der Waals surface area contributed by atoms with Crippen LogP contribution >= 0.6 is 11.6 Å². The number of aromatic amines is 1. The number of piperazine rings is 1. The lowest BCUT2D eigenvalue weighted by molar-refractivity contribution is 0.0288. The van der Waals surface area contributed by atoms with Crippen LogP contribution in [0.25, 0.3) is 32.9 Å². The molecular formula is C33H36ClF4N7O. The van der Waals surface area contributed by atoms with Gasteiger partial charge in [-0.15, -0.1) is 5.73 Å². The van der Waals surface area contributed by atoms with Crippen molar-refractivity contribution in [3.05, 3.63) is 58.4 Å². The van der Waals surface area contributed by atoms with Gasteiger partial charge in [-0.1, -0.05) is 18.2 Å². The molecule has 1 saturated heterocycles. The molecule has 244 valence electrons. The zero-order valence-corrected chi connectivity index (χ0v) is 27.1. The molecule has 0 radical (unpaired) electrons. The maximum Gasteiger partial charge on any atom is 0.319 e. The number of rotatable bonds is 9. The van der Waals surface area contributed by atoms with E-state index >= 15 is 8.78 Å². The zero-order valence-electron chi connectivity index (χ0n) is 26.4. The van der Waals surface area contributed by atoms with Crippen molar-refractivity contribution < 1.29 is 22.3 Å². The van der Waals surface area contributed by atoms with Crippen LogP contribution in [-0.4, -0.2) is 83.4 Å². The van der Waals surface area contributed by atoms with E-state index in [1.165, 1.54) is 6.07 Å². The van der Waals surface area contributed by atoms with E-state index in [9.17, 15) is 8.78 Å². The number of halogens is 5. The second-order valence-electron chi connectivity index (χ2n) is 12.9. The third kappa shape index (κ3) is 5.61. The molecule has 3 atom stereocenters. The largest absolute Gasteiger partial charge is 0.463 e. The van der Waals surface area contributed by atoms with Crippen molar-refractivity contribution in [3.8, 4) is 17.1 Å². The summed E-state index contributed by atoms with van der Waals surface area (Å²) in [5, 5.41) is 11.4. The van der Waals surface area contributed by atoms with Crippen LogP contribution in [0.5, 0.6) is 6.01 Å². The van der Waals surface area contributed by atoms with E-state index in [0.717, 1.165) is 0 Å². The van der Waals surface area contributed by atoms with Crippen molar-refractivity contribution in [2.75, 3.05) is 45.2 Å². The molecule has 8 nitrogen and oxygen atoms in total. The van der Waals surface area contributed by atoms with Crippen LogP contribution in [-0.2, 0) is 0 Å². The van der Waals surface area contributed by atoms with E-state index in [4.69, 9.17) is 16.3 Å². The highest BCUT2D eigenvalue weighted by atomic mass is 35.5. The van der Waals surface area contributed by atoms with E-state index in [1.807, 2.05) is 17.9 Å². The van der Waals surface area contributed by atoms with E-state index in [0.29, 0.717) is 41.7 Å². The number of fused-ring (bicyclic) bond motifs is 2. The second kappa shape index (κ2) is 11.8. The van der Waals surface area contributed by atoms with Crippen molar-refractivity contribution in [2.24, 2.45) is 5.41 Å². The minimum atomic E-state index is -2.92. The Bertz CT molecular complexity index is 1890. The minimum absolute atomic E-state index is 0.00252. The molecule has 3 heterocycles. The summed E-state index contributed by atoms with van der Waals surface area (Å²) in [5.74, 6) is -4.50. The number of hydrogen-bond donors (Lipinski definition) is 2. The highest BCUT2D eigenvalue weighted by molar-refractivity contribution is 6.36. The van der Waals surface area contributed by atoms with Crippen LogP contribution in [0, 0.1) is 30.9 Å². The lowest BCUT2D eigenvalue weighted by Crippen LogP contribution is -2.55. The van der Waals surface area contributed by atoms with Crippen LogP contribution in [0.1, 0.15) is 31.0 Å². The van der Waals surface area contributed by atoms with Crippen LogP contribution in [0.3, 0.4) is 0 Å². The molecule has 0 amide bonds. The molecule has 46 heavy (non-hydrogen) atoms. The van der Waals surface area contributed by atoms with Crippen LogP contribution < -0.4 is 15.0 Å². The summed E-state index contributed by atoms with van der Waals surface area (Å²) in [6.45, 7) is 9.72. The summed E-state index contributed by atoms with van der Waals surface area (Å²) in [7, 11) is 3.43. The standard InChI is InChI=1S/C33H36ClF4N7O/c1-7-8-9-20-13-45(12-18(3)39-20)30-21-11-22(35)25(26-24-19(4)42-43-23(24)10-17(2)27(26)34)28(36)29(21)40-31(41-30)46-16-32(15-44(5)6)14-33(32,37)38/h8,10-11,18,20,39H,1,9,12-16H2,2-6H3,(H,42,43)/t18-,20-,32-/m1/s1. The quantitative estimate of drug-likeness (QED) is 0.155. The van der Waals surface area contributed by atoms with Gasteiger partial charge in [0.2, 0.25) is 0 Å². The fourth-order valence-corrected chi connectivity index (χ4v) is 6.91. The minimum Gasteiger partial charge on any atom is -0.463 e. The van der Waals surface area contributed by atoms with Gasteiger partial charge in [-0.25, -0.2) is 17.6 Å². The van der Waals surface area contributed by atoms with Gasteiger partial charge in [0.05, 0.1) is 27.2 Å². The molecule has 2 aromatic heterocycles. The Morgan fingerprint density at radius 3 is 2.61 bits per heavy atom. The van der Waals surface area contributed by atoms with Crippen LogP contribution in [0.2, 0.25) is 5.02 Å². The van der Waals surface area contributed by atoms with Gasteiger partial charge in [0.15, 0.2) is 5.82 Å². The first-order valence-corrected chi connectivity index (χ1v) is 15.5. The predicted molar refractivity (Wildman–Crippen MR) is 172 cm³/mol. The lowest BCUT2D eigenvalue weighted by atomic mass is 9.95. The number of hydrogen-bond acceptors (Lipinski definition) is 7. The number of ether oxygens (including phenoxy) is 1. The molecule has 2 aromatic carbocycles. The van der Waals surface area contributed by atoms with Crippen molar-refractivity contribution in [2.45, 2.75) is 51.6 Å². The van der Waals surface area contributed by atoms with Gasteiger partial charge in [-0.05, 0) is 65.1 Å². The molecule has 0 bridgehead atoms. The molecule has 0 spiro atoms. The van der Waals surface area contributed by atoms with Gasteiger partial charge < -0.3 is 19.9 Å². The SMILES string of the molecule is C=C=CC[C@@H]1CN(c2nc(OC[C@]3(CN(C)C)CC3(F)F)nc3c(F)c(-c4c(Cl)c(C)cc5[nH]nc(C)c45)c(F)cc23)C[C@@H](C)N1. The third-order valence-corrected chi connectivity index (χ3v) is 9.34. The van der Waals surface area contributed by atoms with Crippen LogP contribution in [0.15, 0.2) is 30.5 Å². The first kappa shape index (κ1) is 32.2. The number of nitrogens with zero attached hydrogens (tertiary/aromatic N) is 5. The number of nitrogens with one attached hydrogen (secondary N) is 2. The van der Waals surface area contributed by atoms with Crippen molar-refractivity contribution in [3.63, 3.8) is 0 Å². The Labute approximate surface area is 269 Å². The second-order valence-corrected chi connectivity index (χ2v) is 13.3. The van der Waals surface area contributed by atoms with Gasteiger partial charge in [0, 0.05) is 54.5 Å². The van der Waals surface area contributed by atoms with Gasteiger partial charge in [0.25, 0.3) is 5.92 Å². The highest BCUT2D eigenvalue weighted by Gasteiger charge is 2.71. The summed E-state index contributed by atoms with van der Waals surface area (Å²) in [5.41, 5.74) is 2.62. The molecule has 2 fully saturated rings. The normalized spacial score (nSPS) is 22.5. The maximum atomic E-state index is 16.9. The monoisotopic (exact) mass is 657 g/mol. The first-order chi connectivity index (χ1) is 21.7. The number of aromatic nitrogens is 4.